The fourth-order valence-corrected chi connectivity index (χ4v) is 4.90. The van der Waals surface area contributed by atoms with Gasteiger partial charge in [0, 0.05) is 39.0 Å². The lowest BCUT2D eigenvalue weighted by Crippen LogP contribution is -2.22. The third-order valence-electron chi connectivity index (χ3n) is 5.77. The van der Waals surface area contributed by atoms with Crippen molar-refractivity contribution in [1.82, 2.24) is 14.5 Å². The molecule has 2 aromatic heterocycles. The van der Waals surface area contributed by atoms with Crippen molar-refractivity contribution in [2.75, 3.05) is 0 Å². The van der Waals surface area contributed by atoms with Crippen LogP contribution in [0.15, 0.2) is 56.7 Å². The number of imidazole rings is 1. The molecule has 0 aliphatic carbocycles. The number of carbonyl (C=O) groups excluding carboxylic acids is 2. The third kappa shape index (κ3) is 6.35. The molecule has 0 amide bonds. The van der Waals surface area contributed by atoms with E-state index in [1.807, 2.05) is 43.5 Å². The highest BCUT2D eigenvalue weighted by atomic mass is 79.9. The number of halogens is 2. The molecule has 0 radical (unpaired) electrons. The molecular weight excluding hydrogens is 604 g/mol. The monoisotopic (exact) mass is 630 g/mol. The minimum atomic E-state index is -0.580. The second kappa shape index (κ2) is 11.7. The third-order valence-corrected chi connectivity index (χ3v) is 7.61. The molecule has 194 valence electrons. The molecule has 2 atom stereocenters. The highest BCUT2D eigenvalue weighted by Gasteiger charge is 2.29. The average Bonchev–Trinajstić information content (AvgIpc) is 3.15. The smallest absolute Gasteiger partial charge is 0.309 e. The van der Waals surface area contributed by atoms with E-state index >= 15 is 0 Å². The van der Waals surface area contributed by atoms with Gasteiger partial charge in [0.25, 0.3) is 0 Å². The van der Waals surface area contributed by atoms with Crippen LogP contribution in [-0.2, 0) is 19.1 Å². The second-order valence-electron chi connectivity index (χ2n) is 9.17. The normalized spacial score (nSPS) is 15.3. The van der Waals surface area contributed by atoms with Crippen LogP contribution in [0.3, 0.4) is 0 Å². The van der Waals surface area contributed by atoms with Gasteiger partial charge in [0.2, 0.25) is 0 Å². The molecule has 4 rings (SSSR count). The molecule has 0 fully saturated rings. The van der Waals surface area contributed by atoms with Crippen LogP contribution in [-0.4, -0.2) is 44.4 Å². The Morgan fingerprint density at radius 2 is 1.81 bits per heavy atom. The Balaban J connectivity index is 1.63. The molecule has 10 heteroatoms. The van der Waals surface area contributed by atoms with Gasteiger partial charge in [0.05, 0.1) is 29.6 Å². The highest BCUT2D eigenvalue weighted by Crippen LogP contribution is 2.37. The zero-order valence-electron chi connectivity index (χ0n) is 21.1. The van der Waals surface area contributed by atoms with Gasteiger partial charge in [-0.05, 0) is 90.2 Å². The summed E-state index contributed by atoms with van der Waals surface area (Å²) >= 11 is 7.25. The predicted molar refractivity (Wildman–Crippen MR) is 147 cm³/mol. The number of fused-ring (bicyclic) bond motifs is 3. The van der Waals surface area contributed by atoms with Gasteiger partial charge in [-0.15, -0.1) is 0 Å². The first-order valence-corrected chi connectivity index (χ1v) is 13.6. The Morgan fingerprint density at radius 3 is 2.51 bits per heavy atom. The molecule has 0 saturated carbocycles. The van der Waals surface area contributed by atoms with Crippen LogP contribution in [0.4, 0.5) is 0 Å². The van der Waals surface area contributed by atoms with Gasteiger partial charge in [0.1, 0.15) is 18.0 Å². The molecule has 0 saturated heterocycles. The van der Waals surface area contributed by atoms with Crippen LogP contribution >= 0.6 is 31.9 Å². The number of hydrogen-bond donors (Lipinski definition) is 0. The summed E-state index contributed by atoms with van der Waals surface area (Å²) in [5.41, 5.74) is 4.22. The Kier molecular flexibility index (Phi) is 8.59. The summed E-state index contributed by atoms with van der Waals surface area (Å²) in [4.78, 5) is 38.9. The summed E-state index contributed by atoms with van der Waals surface area (Å²) in [5.74, 6) is -0.0574. The van der Waals surface area contributed by atoms with Gasteiger partial charge < -0.3 is 9.47 Å². The quantitative estimate of drug-likeness (QED) is 0.281. The Labute approximate surface area is 232 Å². The Hall–Kier alpha value is -2.85. The minimum Gasteiger partial charge on any atom is -0.463 e. The van der Waals surface area contributed by atoms with E-state index in [2.05, 4.69) is 46.4 Å². The fourth-order valence-electron chi connectivity index (χ4n) is 4.22. The van der Waals surface area contributed by atoms with Crippen LogP contribution in [0.2, 0.25) is 0 Å². The van der Waals surface area contributed by atoms with Crippen LogP contribution < -0.4 is 0 Å². The van der Waals surface area contributed by atoms with Gasteiger partial charge in [-0.25, -0.2) is 4.98 Å². The summed E-state index contributed by atoms with van der Waals surface area (Å²) in [6, 6.07) is 9.34. The van der Waals surface area contributed by atoms with E-state index in [4.69, 9.17) is 14.5 Å². The zero-order valence-corrected chi connectivity index (χ0v) is 24.2. The lowest BCUT2D eigenvalue weighted by molar-refractivity contribution is -0.156. The van der Waals surface area contributed by atoms with E-state index in [1.165, 1.54) is 0 Å². The number of aryl methyl sites for hydroxylation is 1. The lowest BCUT2D eigenvalue weighted by atomic mass is 10.0. The lowest BCUT2D eigenvalue weighted by Gasteiger charge is -2.16. The summed E-state index contributed by atoms with van der Waals surface area (Å²) in [6.07, 6.45) is 3.26. The largest absolute Gasteiger partial charge is 0.463 e. The number of pyridine rings is 1. The molecule has 1 aliphatic heterocycles. The number of esters is 2. The van der Waals surface area contributed by atoms with Crippen molar-refractivity contribution in [3.05, 3.63) is 74.4 Å². The SMILES string of the molecule is Cc1cnc2n1-c1cc(Br)c(Br)cc1C(c1ccccn1)=N[C@H]2CCC(=O)OC(C)CC(=O)OC(C)C. The van der Waals surface area contributed by atoms with Crippen molar-refractivity contribution in [2.45, 2.75) is 65.2 Å². The average molecular weight is 632 g/mol. The first-order valence-electron chi connectivity index (χ1n) is 12.1. The molecule has 37 heavy (non-hydrogen) atoms. The van der Waals surface area contributed by atoms with Crippen LogP contribution in [0.5, 0.6) is 0 Å². The molecule has 1 unspecified atom stereocenters. The number of aliphatic imine (C=N–C) groups is 1. The Morgan fingerprint density at radius 1 is 1.05 bits per heavy atom. The van der Waals surface area contributed by atoms with Crippen molar-refractivity contribution >= 4 is 49.5 Å². The van der Waals surface area contributed by atoms with E-state index < -0.39 is 24.1 Å². The molecule has 0 spiro atoms. The van der Waals surface area contributed by atoms with Gasteiger partial charge >= 0.3 is 11.9 Å². The van der Waals surface area contributed by atoms with Crippen LogP contribution in [0.1, 0.15) is 68.9 Å². The number of aromatic nitrogens is 3. The van der Waals surface area contributed by atoms with Crippen LogP contribution in [0, 0.1) is 6.92 Å². The first kappa shape index (κ1) is 27.2. The molecule has 3 heterocycles. The minimum absolute atomic E-state index is 0.0119. The number of nitrogens with zero attached hydrogens (tertiary/aromatic N) is 4. The van der Waals surface area contributed by atoms with Gasteiger partial charge in [0.15, 0.2) is 0 Å². The molecule has 0 bridgehead atoms. The highest BCUT2D eigenvalue weighted by molar-refractivity contribution is 9.13. The number of rotatable bonds is 8. The Bertz CT molecular complexity index is 1340. The van der Waals surface area contributed by atoms with Gasteiger partial charge in [-0.1, -0.05) is 6.07 Å². The molecule has 3 aromatic rings. The molecule has 8 nitrogen and oxygen atoms in total. The van der Waals surface area contributed by atoms with Crippen molar-refractivity contribution < 1.29 is 19.1 Å². The number of benzene rings is 1. The van der Waals surface area contributed by atoms with Gasteiger partial charge in [-0.2, -0.15) is 0 Å². The maximum atomic E-state index is 12.7. The summed E-state index contributed by atoms with van der Waals surface area (Å²) in [5, 5.41) is 0. The summed E-state index contributed by atoms with van der Waals surface area (Å²) in [7, 11) is 0. The maximum absolute atomic E-state index is 12.7. The predicted octanol–water partition coefficient (Wildman–Crippen LogP) is 6.05. The van der Waals surface area contributed by atoms with E-state index in [-0.39, 0.29) is 18.9 Å². The first-order chi connectivity index (χ1) is 17.6. The van der Waals surface area contributed by atoms with Crippen LogP contribution in [0.25, 0.3) is 5.69 Å². The topological polar surface area (TPSA) is 95.7 Å². The van der Waals surface area contributed by atoms with E-state index in [1.54, 1.807) is 27.0 Å². The summed E-state index contributed by atoms with van der Waals surface area (Å²) < 4.78 is 14.5. The standard InChI is InChI=1S/C27H28Br2N4O4/c1-15(2)36-25(35)11-17(4)37-24(34)9-8-22-27-31-14-16(3)33(27)23-13-20(29)19(28)12-18(23)26(32-22)21-7-5-6-10-30-21/h5-7,10,12-15,17,22H,8-9,11H2,1-4H3/t17?,22-/m0/s1. The fraction of sp³-hybridized carbons (Fsp3) is 0.370. The molecule has 1 aromatic carbocycles. The van der Waals surface area contributed by atoms with Crippen molar-refractivity contribution in [3.63, 3.8) is 0 Å². The van der Waals surface area contributed by atoms with E-state index in [0.717, 1.165) is 43.1 Å². The molecular formula is C27H28Br2N4O4. The molecule has 0 N–H and O–H groups in total. The second-order valence-corrected chi connectivity index (χ2v) is 10.9. The number of hydrogen-bond acceptors (Lipinski definition) is 7. The van der Waals surface area contributed by atoms with E-state index in [9.17, 15) is 9.59 Å². The number of carbonyl (C=O) groups is 2. The molecule has 1 aliphatic rings. The van der Waals surface area contributed by atoms with Crippen molar-refractivity contribution in [2.24, 2.45) is 4.99 Å². The van der Waals surface area contributed by atoms with Crippen molar-refractivity contribution in [1.29, 1.82) is 0 Å². The summed E-state index contributed by atoms with van der Waals surface area (Å²) in [6.45, 7) is 7.24. The van der Waals surface area contributed by atoms with Crippen molar-refractivity contribution in [3.8, 4) is 5.69 Å². The van der Waals surface area contributed by atoms with E-state index in [0.29, 0.717) is 6.42 Å². The zero-order chi connectivity index (χ0) is 26.7. The number of ether oxygens (including phenoxy) is 2. The van der Waals surface area contributed by atoms with Gasteiger partial charge in [-0.3, -0.25) is 24.1 Å². The maximum Gasteiger partial charge on any atom is 0.309 e.